The van der Waals surface area contributed by atoms with E-state index >= 15 is 0 Å². The minimum atomic E-state index is -3.36. The Hall–Kier alpha value is -0.940. The molecule has 0 bridgehead atoms. The standard InChI is InChI=1S/C10H14FNO2S/c1-8(6-7-12)15(13,14)10-4-2-9(11)3-5-10/h2-5,8H,6-7,12H2,1H3. The Morgan fingerprint density at radius 3 is 2.33 bits per heavy atom. The van der Waals surface area contributed by atoms with E-state index in [1.165, 1.54) is 12.1 Å². The van der Waals surface area contributed by atoms with Crippen LogP contribution in [0.3, 0.4) is 0 Å². The molecule has 2 N–H and O–H groups in total. The molecule has 0 radical (unpaired) electrons. The smallest absolute Gasteiger partial charge is 0.181 e. The predicted octanol–water partition coefficient (Wildman–Crippen LogP) is 1.34. The SMILES string of the molecule is CC(CCN)S(=O)(=O)c1ccc(F)cc1. The number of hydrogen-bond acceptors (Lipinski definition) is 3. The first kappa shape index (κ1) is 12.1. The molecule has 0 amide bonds. The van der Waals surface area contributed by atoms with Gasteiger partial charge in [0.15, 0.2) is 9.84 Å². The van der Waals surface area contributed by atoms with Gasteiger partial charge in [-0.05, 0) is 44.2 Å². The summed E-state index contributed by atoms with van der Waals surface area (Å²) in [6, 6.07) is 4.83. The Morgan fingerprint density at radius 1 is 1.33 bits per heavy atom. The fraction of sp³-hybridized carbons (Fsp3) is 0.400. The van der Waals surface area contributed by atoms with Crippen LogP contribution in [0.15, 0.2) is 29.2 Å². The van der Waals surface area contributed by atoms with E-state index in [4.69, 9.17) is 5.73 Å². The number of rotatable bonds is 4. The molecule has 1 aromatic rings. The van der Waals surface area contributed by atoms with Crippen LogP contribution in [0.1, 0.15) is 13.3 Å². The third-order valence-corrected chi connectivity index (χ3v) is 4.47. The van der Waals surface area contributed by atoms with Gasteiger partial charge >= 0.3 is 0 Å². The molecule has 0 aromatic heterocycles. The highest BCUT2D eigenvalue weighted by Gasteiger charge is 2.22. The lowest BCUT2D eigenvalue weighted by Crippen LogP contribution is -2.21. The third kappa shape index (κ3) is 2.76. The van der Waals surface area contributed by atoms with Crippen LogP contribution >= 0.6 is 0 Å². The van der Waals surface area contributed by atoms with Crippen LogP contribution in [0.2, 0.25) is 0 Å². The highest BCUT2D eigenvalue weighted by Crippen LogP contribution is 2.17. The lowest BCUT2D eigenvalue weighted by molar-refractivity contribution is 0.577. The fourth-order valence-electron chi connectivity index (χ4n) is 1.25. The van der Waals surface area contributed by atoms with Crippen LogP contribution in [0.25, 0.3) is 0 Å². The maximum Gasteiger partial charge on any atom is 0.181 e. The van der Waals surface area contributed by atoms with E-state index in [1.807, 2.05) is 0 Å². The van der Waals surface area contributed by atoms with Crippen molar-refractivity contribution in [2.45, 2.75) is 23.5 Å². The molecule has 0 saturated carbocycles. The van der Waals surface area contributed by atoms with Crippen molar-refractivity contribution in [3.8, 4) is 0 Å². The Kier molecular flexibility index (Phi) is 3.82. The molecule has 3 nitrogen and oxygen atoms in total. The molecule has 1 aromatic carbocycles. The molecule has 0 fully saturated rings. The van der Waals surface area contributed by atoms with E-state index in [9.17, 15) is 12.8 Å². The molecule has 0 saturated heterocycles. The zero-order valence-corrected chi connectivity index (χ0v) is 9.30. The number of nitrogens with two attached hydrogens (primary N) is 1. The number of sulfone groups is 1. The van der Waals surface area contributed by atoms with Gasteiger partial charge in [-0.2, -0.15) is 0 Å². The second-order valence-corrected chi connectivity index (χ2v) is 5.75. The normalized spacial score (nSPS) is 13.8. The minimum Gasteiger partial charge on any atom is -0.330 e. The van der Waals surface area contributed by atoms with Crippen molar-refractivity contribution >= 4 is 9.84 Å². The van der Waals surface area contributed by atoms with Crippen molar-refractivity contribution in [1.82, 2.24) is 0 Å². The summed E-state index contributed by atoms with van der Waals surface area (Å²) in [5, 5.41) is -0.534. The van der Waals surface area contributed by atoms with Crippen LogP contribution in [-0.4, -0.2) is 20.2 Å². The maximum absolute atomic E-state index is 12.6. The van der Waals surface area contributed by atoms with Gasteiger partial charge in [0, 0.05) is 0 Å². The first-order valence-electron chi connectivity index (χ1n) is 4.68. The van der Waals surface area contributed by atoms with Gasteiger partial charge in [-0.1, -0.05) is 0 Å². The summed E-state index contributed by atoms with van der Waals surface area (Å²) in [6.45, 7) is 1.92. The quantitative estimate of drug-likeness (QED) is 0.795. The highest BCUT2D eigenvalue weighted by molar-refractivity contribution is 7.92. The second kappa shape index (κ2) is 4.72. The van der Waals surface area contributed by atoms with Crippen molar-refractivity contribution in [1.29, 1.82) is 0 Å². The number of halogens is 1. The first-order valence-corrected chi connectivity index (χ1v) is 6.22. The topological polar surface area (TPSA) is 60.2 Å². The van der Waals surface area contributed by atoms with Crippen LogP contribution in [0.4, 0.5) is 4.39 Å². The van der Waals surface area contributed by atoms with Crippen molar-refractivity contribution in [2.24, 2.45) is 5.73 Å². The minimum absolute atomic E-state index is 0.143. The number of benzene rings is 1. The summed E-state index contributed by atoms with van der Waals surface area (Å²) >= 11 is 0. The summed E-state index contributed by atoms with van der Waals surface area (Å²) in [7, 11) is -3.36. The van der Waals surface area contributed by atoms with Gasteiger partial charge in [0.2, 0.25) is 0 Å². The molecule has 0 aliphatic heterocycles. The van der Waals surface area contributed by atoms with Gasteiger partial charge in [0.1, 0.15) is 5.82 Å². The Labute approximate surface area is 89.0 Å². The molecule has 1 unspecified atom stereocenters. The highest BCUT2D eigenvalue weighted by atomic mass is 32.2. The van der Waals surface area contributed by atoms with Gasteiger partial charge in [-0.15, -0.1) is 0 Å². The van der Waals surface area contributed by atoms with E-state index in [-0.39, 0.29) is 4.90 Å². The summed E-state index contributed by atoms with van der Waals surface area (Å²) in [5.74, 6) is -0.444. The third-order valence-electron chi connectivity index (χ3n) is 2.25. The fourth-order valence-corrected chi connectivity index (χ4v) is 2.67. The van der Waals surface area contributed by atoms with Crippen LogP contribution in [0.5, 0.6) is 0 Å². The molecule has 0 spiro atoms. The van der Waals surface area contributed by atoms with Crippen molar-refractivity contribution in [3.63, 3.8) is 0 Å². The van der Waals surface area contributed by atoms with Crippen molar-refractivity contribution < 1.29 is 12.8 Å². The summed E-state index contributed by atoms with van der Waals surface area (Å²) in [5.41, 5.74) is 5.30. The molecule has 15 heavy (non-hydrogen) atoms. The molecular weight excluding hydrogens is 217 g/mol. The number of hydrogen-bond donors (Lipinski definition) is 1. The summed E-state index contributed by atoms with van der Waals surface area (Å²) in [6.07, 6.45) is 0.402. The average molecular weight is 231 g/mol. The average Bonchev–Trinajstić information content (AvgIpc) is 2.18. The molecule has 0 heterocycles. The Balaban J connectivity index is 3.01. The molecule has 0 aliphatic carbocycles. The lowest BCUT2D eigenvalue weighted by Gasteiger charge is -2.11. The molecule has 84 valence electrons. The van der Waals surface area contributed by atoms with Gasteiger partial charge in [-0.3, -0.25) is 0 Å². The largest absolute Gasteiger partial charge is 0.330 e. The van der Waals surface area contributed by atoms with E-state index < -0.39 is 20.9 Å². The van der Waals surface area contributed by atoms with Gasteiger partial charge in [-0.25, -0.2) is 12.8 Å². The van der Waals surface area contributed by atoms with Gasteiger partial charge in [0.05, 0.1) is 10.1 Å². The van der Waals surface area contributed by atoms with Crippen molar-refractivity contribution in [3.05, 3.63) is 30.1 Å². The monoisotopic (exact) mass is 231 g/mol. The van der Waals surface area contributed by atoms with Gasteiger partial charge < -0.3 is 5.73 Å². The van der Waals surface area contributed by atoms with Gasteiger partial charge in [0.25, 0.3) is 0 Å². The summed E-state index contributed by atoms with van der Waals surface area (Å²) in [4.78, 5) is 0.143. The predicted molar refractivity (Wildman–Crippen MR) is 56.7 cm³/mol. The molecular formula is C10H14FNO2S. The van der Waals surface area contributed by atoms with E-state index in [0.29, 0.717) is 13.0 Å². The second-order valence-electron chi connectivity index (χ2n) is 3.39. The zero-order valence-electron chi connectivity index (χ0n) is 8.48. The first-order chi connectivity index (χ1) is 6.98. The summed E-state index contributed by atoms with van der Waals surface area (Å²) < 4.78 is 36.3. The Bertz CT molecular complexity index is 414. The van der Waals surface area contributed by atoms with E-state index in [2.05, 4.69) is 0 Å². The van der Waals surface area contributed by atoms with E-state index in [1.54, 1.807) is 6.92 Å². The molecule has 5 heteroatoms. The maximum atomic E-state index is 12.6. The zero-order chi connectivity index (χ0) is 11.5. The molecule has 1 rings (SSSR count). The Morgan fingerprint density at radius 2 is 1.87 bits per heavy atom. The molecule has 0 aliphatic rings. The van der Waals surface area contributed by atoms with Crippen LogP contribution in [0, 0.1) is 5.82 Å². The van der Waals surface area contributed by atoms with Crippen molar-refractivity contribution in [2.75, 3.05) is 6.54 Å². The lowest BCUT2D eigenvalue weighted by atomic mass is 10.3. The van der Waals surface area contributed by atoms with E-state index in [0.717, 1.165) is 12.1 Å². The molecule has 1 atom stereocenters. The van der Waals surface area contributed by atoms with Crippen LogP contribution in [-0.2, 0) is 9.84 Å². The van der Waals surface area contributed by atoms with Crippen LogP contribution < -0.4 is 5.73 Å².